The first-order valence-electron chi connectivity index (χ1n) is 10.5. The number of hydrogen-bond donors (Lipinski definition) is 1. The van der Waals surface area contributed by atoms with Crippen molar-refractivity contribution in [3.63, 3.8) is 0 Å². The summed E-state index contributed by atoms with van der Waals surface area (Å²) in [7, 11) is 1.60. The Morgan fingerprint density at radius 2 is 1.72 bits per heavy atom. The fourth-order valence-electron chi connectivity index (χ4n) is 3.62. The third-order valence-electron chi connectivity index (χ3n) is 5.42. The molecule has 1 fully saturated rings. The van der Waals surface area contributed by atoms with Crippen molar-refractivity contribution in [1.82, 2.24) is 14.9 Å². The number of amides is 1. The number of halogens is 1. The Morgan fingerprint density at radius 1 is 1.00 bits per heavy atom. The quantitative estimate of drug-likeness (QED) is 0.558. The van der Waals surface area contributed by atoms with Crippen molar-refractivity contribution in [1.29, 1.82) is 0 Å². The summed E-state index contributed by atoms with van der Waals surface area (Å²) in [5, 5.41) is 3.36. The second-order valence-electron chi connectivity index (χ2n) is 7.81. The summed E-state index contributed by atoms with van der Waals surface area (Å²) >= 11 is 3.48. The van der Waals surface area contributed by atoms with Gasteiger partial charge in [-0.1, -0.05) is 17.7 Å². The molecule has 0 bridgehead atoms. The molecular formula is C24H26BrN5O2. The monoisotopic (exact) mass is 495 g/mol. The van der Waals surface area contributed by atoms with E-state index in [4.69, 9.17) is 9.72 Å². The molecule has 1 saturated heterocycles. The standard InChI is InChI=1S/C24H26BrN5O2/c1-16-4-6-18(7-5-16)27-22-14-17(2)26-24(28-22)30-12-10-29(11-13-30)23(31)20-15-19(32-3)8-9-21(20)25/h4-9,14-15H,10-13H2,1-3H3,(H,26,27,28). The molecule has 1 aromatic heterocycles. The Morgan fingerprint density at radius 3 is 2.41 bits per heavy atom. The first kappa shape index (κ1) is 22.1. The number of benzene rings is 2. The normalized spacial score (nSPS) is 13.8. The van der Waals surface area contributed by atoms with Gasteiger partial charge in [-0.15, -0.1) is 0 Å². The molecular weight excluding hydrogens is 470 g/mol. The molecule has 1 amide bonds. The molecule has 32 heavy (non-hydrogen) atoms. The summed E-state index contributed by atoms with van der Waals surface area (Å²) in [6.07, 6.45) is 0. The summed E-state index contributed by atoms with van der Waals surface area (Å²) in [5.41, 5.74) is 3.69. The maximum absolute atomic E-state index is 13.0. The van der Waals surface area contributed by atoms with Gasteiger partial charge in [-0.05, 0) is 60.1 Å². The van der Waals surface area contributed by atoms with Gasteiger partial charge in [0.05, 0.1) is 12.7 Å². The third kappa shape index (κ3) is 5.02. The van der Waals surface area contributed by atoms with Crippen LogP contribution in [-0.2, 0) is 0 Å². The molecule has 0 saturated carbocycles. The van der Waals surface area contributed by atoms with Gasteiger partial charge in [-0.3, -0.25) is 4.79 Å². The van der Waals surface area contributed by atoms with E-state index in [1.54, 1.807) is 13.2 Å². The largest absolute Gasteiger partial charge is 0.497 e. The van der Waals surface area contributed by atoms with Gasteiger partial charge in [0.25, 0.3) is 5.91 Å². The zero-order valence-electron chi connectivity index (χ0n) is 18.4. The molecule has 0 atom stereocenters. The maximum atomic E-state index is 13.0. The summed E-state index contributed by atoms with van der Waals surface area (Å²) in [5.74, 6) is 2.09. The molecule has 0 spiro atoms. The molecule has 1 N–H and O–H groups in total. The van der Waals surface area contributed by atoms with Gasteiger partial charge in [-0.2, -0.15) is 4.98 Å². The van der Waals surface area contributed by atoms with Crippen LogP contribution in [0.15, 0.2) is 53.0 Å². The highest BCUT2D eigenvalue weighted by Gasteiger charge is 2.25. The number of anilines is 3. The van der Waals surface area contributed by atoms with Crippen molar-refractivity contribution in [2.75, 3.05) is 43.5 Å². The topological polar surface area (TPSA) is 70.6 Å². The summed E-state index contributed by atoms with van der Waals surface area (Å²) in [6, 6.07) is 15.6. The maximum Gasteiger partial charge on any atom is 0.255 e. The fourth-order valence-corrected chi connectivity index (χ4v) is 4.03. The van der Waals surface area contributed by atoms with Gasteiger partial charge in [-0.25, -0.2) is 4.98 Å². The zero-order chi connectivity index (χ0) is 22.7. The lowest BCUT2D eigenvalue weighted by Crippen LogP contribution is -2.49. The van der Waals surface area contributed by atoms with Gasteiger partial charge in [0, 0.05) is 48.1 Å². The van der Waals surface area contributed by atoms with Crippen molar-refractivity contribution in [3.8, 4) is 5.75 Å². The van der Waals surface area contributed by atoms with Crippen LogP contribution in [0.1, 0.15) is 21.6 Å². The summed E-state index contributed by atoms with van der Waals surface area (Å²) in [4.78, 5) is 26.4. The van der Waals surface area contributed by atoms with E-state index in [9.17, 15) is 4.79 Å². The van der Waals surface area contributed by atoms with E-state index in [1.165, 1.54) is 5.56 Å². The molecule has 0 radical (unpaired) electrons. The lowest BCUT2D eigenvalue weighted by atomic mass is 10.1. The second-order valence-corrected chi connectivity index (χ2v) is 8.66. The number of nitrogens with one attached hydrogen (secondary N) is 1. The molecule has 1 aliphatic rings. The van der Waals surface area contributed by atoms with E-state index in [1.807, 2.05) is 42.2 Å². The number of carbonyl (C=O) groups is 1. The number of hydrogen-bond acceptors (Lipinski definition) is 6. The molecule has 8 heteroatoms. The van der Waals surface area contributed by atoms with Crippen LogP contribution in [0.3, 0.4) is 0 Å². The minimum atomic E-state index is -0.0117. The Balaban J connectivity index is 1.44. The first-order chi connectivity index (χ1) is 15.4. The number of piperazine rings is 1. The van der Waals surface area contributed by atoms with Gasteiger partial charge in [0.1, 0.15) is 11.6 Å². The minimum absolute atomic E-state index is 0.0117. The van der Waals surface area contributed by atoms with Crippen LogP contribution in [-0.4, -0.2) is 54.1 Å². The van der Waals surface area contributed by atoms with Gasteiger partial charge < -0.3 is 19.9 Å². The van der Waals surface area contributed by atoms with Crippen LogP contribution in [0, 0.1) is 13.8 Å². The zero-order valence-corrected chi connectivity index (χ0v) is 20.0. The number of methoxy groups -OCH3 is 1. The average molecular weight is 496 g/mol. The van der Waals surface area contributed by atoms with E-state index in [-0.39, 0.29) is 5.91 Å². The van der Waals surface area contributed by atoms with Crippen molar-refractivity contribution in [2.24, 2.45) is 0 Å². The molecule has 0 unspecified atom stereocenters. The van der Waals surface area contributed by atoms with Crippen LogP contribution in [0.5, 0.6) is 5.75 Å². The van der Waals surface area contributed by atoms with E-state index in [2.05, 4.69) is 50.2 Å². The number of rotatable bonds is 5. The molecule has 2 aromatic carbocycles. The highest BCUT2D eigenvalue weighted by atomic mass is 79.9. The predicted octanol–water partition coefficient (Wildman–Crippen LogP) is 4.57. The first-order valence-corrected chi connectivity index (χ1v) is 11.3. The van der Waals surface area contributed by atoms with Crippen LogP contribution >= 0.6 is 15.9 Å². The number of ether oxygens (including phenoxy) is 1. The SMILES string of the molecule is COc1ccc(Br)c(C(=O)N2CCN(c3nc(C)cc(Nc4ccc(C)cc4)n3)CC2)c1. The van der Waals surface area contributed by atoms with E-state index in [0.29, 0.717) is 43.4 Å². The summed E-state index contributed by atoms with van der Waals surface area (Å²) in [6.45, 7) is 6.56. The Hall–Kier alpha value is -3.13. The molecule has 4 rings (SSSR count). The van der Waals surface area contributed by atoms with Crippen LogP contribution < -0.4 is 15.0 Å². The van der Waals surface area contributed by atoms with Crippen molar-refractivity contribution in [3.05, 3.63) is 69.8 Å². The summed E-state index contributed by atoms with van der Waals surface area (Å²) < 4.78 is 6.03. The second kappa shape index (κ2) is 9.56. The van der Waals surface area contributed by atoms with E-state index in [0.717, 1.165) is 21.7 Å². The molecule has 166 valence electrons. The van der Waals surface area contributed by atoms with Gasteiger partial charge in [0.15, 0.2) is 0 Å². The molecule has 0 aliphatic carbocycles. The minimum Gasteiger partial charge on any atom is -0.497 e. The Bertz CT molecular complexity index is 1110. The Kier molecular flexibility index (Phi) is 6.60. The number of aromatic nitrogens is 2. The molecule has 2 heterocycles. The van der Waals surface area contributed by atoms with Crippen molar-refractivity contribution in [2.45, 2.75) is 13.8 Å². The van der Waals surface area contributed by atoms with Crippen LogP contribution in [0.25, 0.3) is 0 Å². The Labute approximate surface area is 196 Å². The van der Waals surface area contributed by atoms with E-state index >= 15 is 0 Å². The number of aryl methyl sites for hydroxylation is 2. The van der Waals surface area contributed by atoms with Crippen molar-refractivity contribution >= 4 is 39.3 Å². The lowest BCUT2D eigenvalue weighted by molar-refractivity contribution is 0.0745. The number of nitrogens with zero attached hydrogens (tertiary/aromatic N) is 4. The van der Waals surface area contributed by atoms with Crippen molar-refractivity contribution < 1.29 is 9.53 Å². The van der Waals surface area contributed by atoms with E-state index < -0.39 is 0 Å². The molecule has 7 nitrogen and oxygen atoms in total. The smallest absolute Gasteiger partial charge is 0.255 e. The van der Waals surface area contributed by atoms with Crippen LogP contribution in [0.2, 0.25) is 0 Å². The molecule has 3 aromatic rings. The predicted molar refractivity (Wildman–Crippen MR) is 130 cm³/mol. The van der Waals surface area contributed by atoms with Gasteiger partial charge >= 0.3 is 0 Å². The highest BCUT2D eigenvalue weighted by molar-refractivity contribution is 9.10. The van der Waals surface area contributed by atoms with Crippen LogP contribution in [0.4, 0.5) is 17.5 Å². The highest BCUT2D eigenvalue weighted by Crippen LogP contribution is 2.25. The van der Waals surface area contributed by atoms with Gasteiger partial charge in [0.2, 0.25) is 5.95 Å². The lowest BCUT2D eigenvalue weighted by Gasteiger charge is -2.35. The number of carbonyl (C=O) groups excluding carboxylic acids is 1. The fraction of sp³-hybridized carbons (Fsp3) is 0.292. The molecule has 1 aliphatic heterocycles. The third-order valence-corrected chi connectivity index (χ3v) is 6.11. The average Bonchev–Trinajstić information content (AvgIpc) is 2.80.